The molecule has 0 N–H and O–H groups in total. The predicted molar refractivity (Wildman–Crippen MR) is 108 cm³/mol. The SMILES string of the molecule is CCc1ccc(S(=O)(=O)N2CCC(Oc3cccc4cccnc34)CC2)s1. The molecule has 4 rings (SSSR count). The molecule has 0 bridgehead atoms. The quantitative estimate of drug-likeness (QED) is 0.645. The van der Waals surface area contributed by atoms with E-state index in [-0.39, 0.29) is 6.10 Å². The first kappa shape index (κ1) is 18.4. The molecular formula is C20H22N2O3S2. The topological polar surface area (TPSA) is 59.5 Å². The largest absolute Gasteiger partial charge is 0.488 e. The van der Waals surface area contributed by atoms with Crippen LogP contribution in [0.25, 0.3) is 10.9 Å². The molecule has 0 atom stereocenters. The Kier molecular flexibility index (Phi) is 5.16. The highest BCUT2D eigenvalue weighted by molar-refractivity contribution is 7.91. The third-order valence-electron chi connectivity index (χ3n) is 4.87. The van der Waals surface area contributed by atoms with Gasteiger partial charge in [0.1, 0.15) is 21.6 Å². The van der Waals surface area contributed by atoms with Gasteiger partial charge >= 0.3 is 0 Å². The van der Waals surface area contributed by atoms with Crippen molar-refractivity contribution < 1.29 is 13.2 Å². The van der Waals surface area contributed by atoms with Crippen LogP contribution in [0.15, 0.2) is 52.9 Å². The van der Waals surface area contributed by atoms with Crippen molar-refractivity contribution in [1.82, 2.24) is 9.29 Å². The van der Waals surface area contributed by atoms with Crippen LogP contribution >= 0.6 is 11.3 Å². The number of thiophene rings is 1. The third-order valence-corrected chi connectivity index (χ3v) is 8.47. The van der Waals surface area contributed by atoms with E-state index in [1.54, 1.807) is 16.6 Å². The number of hydrogen-bond donors (Lipinski definition) is 0. The lowest BCUT2D eigenvalue weighted by molar-refractivity contribution is 0.136. The molecule has 5 nitrogen and oxygen atoms in total. The first-order valence-electron chi connectivity index (χ1n) is 9.17. The number of hydrogen-bond acceptors (Lipinski definition) is 5. The Morgan fingerprint density at radius 3 is 2.67 bits per heavy atom. The lowest BCUT2D eigenvalue weighted by atomic mass is 10.1. The van der Waals surface area contributed by atoms with Crippen molar-refractivity contribution in [2.45, 2.75) is 36.5 Å². The molecular weight excluding hydrogens is 380 g/mol. The smallest absolute Gasteiger partial charge is 0.252 e. The number of piperidine rings is 1. The highest BCUT2D eigenvalue weighted by atomic mass is 32.2. The summed E-state index contributed by atoms with van der Waals surface area (Å²) in [5, 5.41) is 1.04. The third kappa shape index (κ3) is 3.72. The summed E-state index contributed by atoms with van der Waals surface area (Å²) < 4.78 is 33.9. The summed E-state index contributed by atoms with van der Waals surface area (Å²) in [6.45, 7) is 2.99. The van der Waals surface area contributed by atoms with Gasteiger partial charge in [-0.1, -0.05) is 25.1 Å². The summed E-state index contributed by atoms with van der Waals surface area (Å²) in [6, 6.07) is 13.4. The molecule has 27 heavy (non-hydrogen) atoms. The van der Waals surface area contributed by atoms with Crippen molar-refractivity contribution in [3.8, 4) is 5.75 Å². The number of benzene rings is 1. The Balaban J connectivity index is 1.44. The average Bonchev–Trinajstić information content (AvgIpc) is 3.19. The molecule has 3 heterocycles. The zero-order valence-corrected chi connectivity index (χ0v) is 16.8. The Labute approximate surface area is 163 Å². The van der Waals surface area contributed by atoms with Gasteiger partial charge in [0.25, 0.3) is 10.0 Å². The van der Waals surface area contributed by atoms with Crippen LogP contribution in [-0.4, -0.2) is 36.9 Å². The molecule has 0 saturated carbocycles. The van der Waals surface area contributed by atoms with Crippen molar-refractivity contribution >= 4 is 32.3 Å². The number of fused-ring (bicyclic) bond motifs is 1. The number of sulfonamides is 1. The first-order chi connectivity index (χ1) is 13.1. The van der Waals surface area contributed by atoms with E-state index in [0.29, 0.717) is 30.1 Å². The second kappa shape index (κ2) is 7.58. The lowest BCUT2D eigenvalue weighted by Crippen LogP contribution is -2.41. The van der Waals surface area contributed by atoms with Gasteiger partial charge in [-0.3, -0.25) is 4.98 Å². The normalized spacial score (nSPS) is 16.6. The number of aryl methyl sites for hydroxylation is 1. The van der Waals surface area contributed by atoms with Crippen LogP contribution in [0.2, 0.25) is 0 Å². The van der Waals surface area contributed by atoms with Crippen molar-refractivity contribution in [1.29, 1.82) is 0 Å². The minimum absolute atomic E-state index is 0.00130. The molecule has 1 aromatic carbocycles. The predicted octanol–water partition coefficient (Wildman–Crippen LogP) is 4.09. The van der Waals surface area contributed by atoms with Crippen molar-refractivity contribution in [2.24, 2.45) is 0 Å². The van der Waals surface area contributed by atoms with Gasteiger partial charge in [0.15, 0.2) is 0 Å². The minimum atomic E-state index is -3.40. The van der Waals surface area contributed by atoms with E-state index >= 15 is 0 Å². The number of pyridine rings is 1. The molecule has 1 saturated heterocycles. The zero-order valence-electron chi connectivity index (χ0n) is 15.2. The van der Waals surface area contributed by atoms with E-state index in [4.69, 9.17) is 4.74 Å². The van der Waals surface area contributed by atoms with Crippen LogP contribution in [0.3, 0.4) is 0 Å². The Hall–Kier alpha value is -1.96. The van der Waals surface area contributed by atoms with Gasteiger partial charge in [-0.25, -0.2) is 8.42 Å². The van der Waals surface area contributed by atoms with Gasteiger partial charge in [-0.2, -0.15) is 4.31 Å². The molecule has 3 aromatic rings. The lowest BCUT2D eigenvalue weighted by Gasteiger charge is -2.31. The monoisotopic (exact) mass is 402 g/mol. The molecule has 0 spiro atoms. The Morgan fingerprint density at radius 1 is 1.15 bits per heavy atom. The van der Waals surface area contributed by atoms with Crippen LogP contribution in [0, 0.1) is 0 Å². The fraction of sp³-hybridized carbons (Fsp3) is 0.350. The molecule has 0 amide bonds. The average molecular weight is 403 g/mol. The Bertz CT molecular complexity index is 1030. The molecule has 0 radical (unpaired) electrons. The van der Waals surface area contributed by atoms with Crippen LogP contribution < -0.4 is 4.74 Å². The van der Waals surface area contributed by atoms with Crippen molar-refractivity contribution in [3.05, 3.63) is 53.5 Å². The number of para-hydroxylation sites is 1. The van der Waals surface area contributed by atoms with E-state index in [9.17, 15) is 8.42 Å². The fourth-order valence-electron chi connectivity index (χ4n) is 3.36. The number of ether oxygens (including phenoxy) is 1. The first-order valence-corrected chi connectivity index (χ1v) is 11.4. The van der Waals surface area contributed by atoms with Gasteiger partial charge in [-0.15, -0.1) is 11.3 Å². The molecule has 7 heteroatoms. The van der Waals surface area contributed by atoms with Gasteiger partial charge < -0.3 is 4.74 Å². The van der Waals surface area contributed by atoms with Gasteiger partial charge in [0.05, 0.1) is 0 Å². The molecule has 1 aliphatic rings. The number of nitrogens with zero attached hydrogens (tertiary/aromatic N) is 2. The van der Waals surface area contributed by atoms with Crippen LogP contribution in [0.5, 0.6) is 5.75 Å². The molecule has 0 unspecified atom stereocenters. The van der Waals surface area contributed by atoms with E-state index in [1.165, 1.54) is 11.3 Å². The molecule has 0 aliphatic carbocycles. The molecule has 2 aromatic heterocycles. The summed E-state index contributed by atoms with van der Waals surface area (Å²) in [5.41, 5.74) is 0.848. The van der Waals surface area contributed by atoms with E-state index in [0.717, 1.165) is 28.0 Å². The van der Waals surface area contributed by atoms with Crippen molar-refractivity contribution in [3.63, 3.8) is 0 Å². The van der Waals surface area contributed by atoms with Gasteiger partial charge in [0, 0.05) is 29.5 Å². The van der Waals surface area contributed by atoms with Gasteiger partial charge in [0.2, 0.25) is 0 Å². The van der Waals surface area contributed by atoms with Crippen LogP contribution in [0.4, 0.5) is 0 Å². The zero-order chi connectivity index (χ0) is 18.9. The van der Waals surface area contributed by atoms with E-state index in [2.05, 4.69) is 4.98 Å². The maximum atomic E-state index is 12.8. The summed E-state index contributed by atoms with van der Waals surface area (Å²) in [4.78, 5) is 5.51. The molecule has 142 valence electrons. The minimum Gasteiger partial charge on any atom is -0.488 e. The van der Waals surface area contributed by atoms with Crippen LogP contribution in [-0.2, 0) is 16.4 Å². The summed E-state index contributed by atoms with van der Waals surface area (Å²) in [7, 11) is -3.40. The highest BCUT2D eigenvalue weighted by Crippen LogP contribution is 2.30. The molecule has 1 aliphatic heterocycles. The summed E-state index contributed by atoms with van der Waals surface area (Å²) in [5.74, 6) is 0.764. The van der Waals surface area contributed by atoms with Crippen LogP contribution in [0.1, 0.15) is 24.6 Å². The van der Waals surface area contributed by atoms with Crippen molar-refractivity contribution in [2.75, 3.05) is 13.1 Å². The molecule has 1 fully saturated rings. The Morgan fingerprint density at radius 2 is 1.93 bits per heavy atom. The number of aromatic nitrogens is 1. The summed E-state index contributed by atoms with van der Waals surface area (Å²) >= 11 is 1.37. The fourth-order valence-corrected chi connectivity index (χ4v) is 6.27. The summed E-state index contributed by atoms with van der Waals surface area (Å²) in [6.07, 6.45) is 3.97. The standard InChI is InChI=1S/C20H22N2O3S2/c1-2-17-8-9-19(26-17)27(23,24)22-13-10-16(11-14-22)25-18-7-3-5-15-6-4-12-21-20(15)18/h3-9,12,16H,2,10-11,13-14H2,1H3. The maximum absolute atomic E-state index is 12.8. The van der Waals surface area contributed by atoms with E-state index in [1.807, 2.05) is 43.3 Å². The second-order valence-electron chi connectivity index (χ2n) is 6.63. The highest BCUT2D eigenvalue weighted by Gasteiger charge is 2.31. The van der Waals surface area contributed by atoms with E-state index < -0.39 is 10.0 Å². The second-order valence-corrected chi connectivity index (χ2v) is 9.96. The maximum Gasteiger partial charge on any atom is 0.252 e. The number of rotatable bonds is 5. The van der Waals surface area contributed by atoms with Gasteiger partial charge in [-0.05, 0) is 43.5 Å².